The molecule has 0 aliphatic carbocycles. The Morgan fingerprint density at radius 1 is 1.07 bits per heavy atom. The van der Waals surface area contributed by atoms with Crippen molar-refractivity contribution >= 4 is 21.6 Å². The molecule has 2 aromatic rings. The molecule has 1 aromatic heterocycles. The largest absolute Gasteiger partial charge is 0.308 e. The van der Waals surface area contributed by atoms with Crippen LogP contribution >= 0.6 is 0 Å². The summed E-state index contributed by atoms with van der Waals surface area (Å²) in [7, 11) is -1.64. The van der Waals surface area contributed by atoms with Gasteiger partial charge < -0.3 is 4.90 Å². The average Bonchev–Trinajstić information content (AvgIpc) is 3.12. The van der Waals surface area contributed by atoms with E-state index in [4.69, 9.17) is 0 Å². The van der Waals surface area contributed by atoms with E-state index in [-0.39, 0.29) is 12.5 Å². The second-order valence-corrected chi connectivity index (χ2v) is 9.11. The molecule has 1 aromatic carbocycles. The van der Waals surface area contributed by atoms with Crippen molar-refractivity contribution in [3.05, 3.63) is 54.9 Å². The highest BCUT2D eigenvalue weighted by Crippen LogP contribution is 2.35. The number of carbonyl (C=O) groups excluding carboxylic acids is 1. The minimum absolute atomic E-state index is 0.000455. The van der Waals surface area contributed by atoms with Crippen molar-refractivity contribution in [2.45, 2.75) is 16.9 Å². The number of benzene rings is 1. The van der Waals surface area contributed by atoms with Gasteiger partial charge >= 0.3 is 0 Å². The highest BCUT2D eigenvalue weighted by Gasteiger charge is 2.50. The third kappa shape index (κ3) is 3.13. The third-order valence-corrected chi connectivity index (χ3v) is 7.43. The van der Waals surface area contributed by atoms with E-state index in [0.29, 0.717) is 31.0 Å². The molecule has 0 bridgehead atoms. The molecule has 4 rings (SSSR count). The van der Waals surface area contributed by atoms with E-state index in [1.54, 1.807) is 53.7 Å². The molecule has 1 atom stereocenters. The Bertz CT molecular complexity index is 936. The van der Waals surface area contributed by atoms with Crippen molar-refractivity contribution in [1.29, 1.82) is 0 Å². The predicted octanol–water partition coefficient (Wildman–Crippen LogP) is 1.19. The number of pyridine rings is 1. The second-order valence-electron chi connectivity index (χ2n) is 7.17. The number of nitrogens with zero attached hydrogens (tertiary/aromatic N) is 4. The molecule has 2 fully saturated rings. The first-order valence-corrected chi connectivity index (χ1v) is 10.3. The second kappa shape index (κ2) is 6.70. The summed E-state index contributed by atoms with van der Waals surface area (Å²) in [5, 5.41) is 0. The van der Waals surface area contributed by atoms with Gasteiger partial charge in [0.25, 0.3) is 0 Å². The Kier molecular flexibility index (Phi) is 4.49. The number of hydrogen-bond acceptors (Lipinski definition) is 5. The average molecular weight is 386 g/mol. The quantitative estimate of drug-likeness (QED) is 0.792. The van der Waals surface area contributed by atoms with Crippen LogP contribution in [0.4, 0.5) is 5.69 Å². The lowest BCUT2D eigenvalue weighted by Gasteiger charge is -2.46. The van der Waals surface area contributed by atoms with Crippen LogP contribution in [0.3, 0.4) is 0 Å². The molecule has 27 heavy (non-hydrogen) atoms. The number of anilines is 1. The number of rotatable bonds is 3. The summed E-state index contributed by atoms with van der Waals surface area (Å²) in [5.74, 6) is 0.000455. The van der Waals surface area contributed by atoms with Gasteiger partial charge in [0.05, 0.1) is 28.9 Å². The molecule has 8 heteroatoms. The summed E-state index contributed by atoms with van der Waals surface area (Å²) in [6, 6.07) is 12.2. The van der Waals surface area contributed by atoms with Gasteiger partial charge in [-0.3, -0.25) is 14.7 Å². The number of amides is 1. The molecule has 142 valence electrons. The Morgan fingerprint density at radius 3 is 2.56 bits per heavy atom. The van der Waals surface area contributed by atoms with Crippen molar-refractivity contribution in [2.75, 3.05) is 38.1 Å². The number of likely N-dealkylation sites (N-methyl/N-ethyl adjacent to an activating group) is 1. The zero-order valence-corrected chi connectivity index (χ0v) is 16.0. The maximum absolute atomic E-state index is 13.0. The van der Waals surface area contributed by atoms with Gasteiger partial charge in [0.15, 0.2) is 0 Å². The van der Waals surface area contributed by atoms with Crippen LogP contribution in [0, 0.1) is 0 Å². The van der Waals surface area contributed by atoms with Crippen molar-refractivity contribution in [3.8, 4) is 0 Å². The Balaban J connectivity index is 1.61. The van der Waals surface area contributed by atoms with Crippen LogP contribution in [0.2, 0.25) is 0 Å². The van der Waals surface area contributed by atoms with Gasteiger partial charge in [0, 0.05) is 25.8 Å². The van der Waals surface area contributed by atoms with Gasteiger partial charge in [0.2, 0.25) is 15.9 Å². The summed E-state index contributed by atoms with van der Waals surface area (Å²) < 4.78 is 27.5. The van der Waals surface area contributed by atoms with E-state index < -0.39 is 15.6 Å². The zero-order chi connectivity index (χ0) is 19.1. The smallest absolute Gasteiger partial charge is 0.243 e. The molecule has 0 saturated carbocycles. The maximum Gasteiger partial charge on any atom is 0.243 e. The van der Waals surface area contributed by atoms with E-state index in [9.17, 15) is 13.2 Å². The van der Waals surface area contributed by atoms with Crippen LogP contribution < -0.4 is 4.90 Å². The first-order chi connectivity index (χ1) is 12.9. The molecule has 1 amide bonds. The fraction of sp³-hybridized carbons (Fsp3) is 0.368. The van der Waals surface area contributed by atoms with Gasteiger partial charge in [-0.05, 0) is 37.7 Å². The van der Waals surface area contributed by atoms with E-state index in [1.807, 2.05) is 18.0 Å². The minimum Gasteiger partial charge on any atom is -0.308 e. The highest BCUT2D eigenvalue weighted by atomic mass is 32.2. The molecule has 0 unspecified atom stereocenters. The lowest BCUT2D eigenvalue weighted by Crippen LogP contribution is -2.64. The van der Waals surface area contributed by atoms with E-state index >= 15 is 0 Å². The number of aromatic nitrogens is 1. The molecule has 0 radical (unpaired) electrons. The summed E-state index contributed by atoms with van der Waals surface area (Å²) >= 11 is 0. The van der Waals surface area contributed by atoms with Crippen LogP contribution in [0.5, 0.6) is 0 Å². The molecule has 2 saturated heterocycles. The van der Waals surface area contributed by atoms with Crippen LogP contribution in [0.25, 0.3) is 0 Å². The Morgan fingerprint density at radius 2 is 1.85 bits per heavy atom. The van der Waals surface area contributed by atoms with Crippen LogP contribution in [0.1, 0.15) is 6.42 Å². The maximum atomic E-state index is 13.0. The van der Waals surface area contributed by atoms with E-state index in [1.165, 1.54) is 4.31 Å². The Hall–Kier alpha value is -2.29. The number of hydrogen-bond donors (Lipinski definition) is 0. The summed E-state index contributed by atoms with van der Waals surface area (Å²) in [5.41, 5.74) is 0.352. The Labute approximate surface area is 159 Å². The first-order valence-electron chi connectivity index (χ1n) is 8.89. The van der Waals surface area contributed by atoms with Gasteiger partial charge in [0.1, 0.15) is 0 Å². The zero-order valence-electron chi connectivity index (χ0n) is 15.2. The van der Waals surface area contributed by atoms with Crippen molar-refractivity contribution in [1.82, 2.24) is 14.2 Å². The van der Waals surface area contributed by atoms with E-state index in [0.717, 1.165) is 5.69 Å². The van der Waals surface area contributed by atoms with Gasteiger partial charge in [-0.15, -0.1) is 0 Å². The van der Waals surface area contributed by atoms with Crippen LogP contribution in [0.15, 0.2) is 59.8 Å². The molecule has 0 N–H and O–H groups in total. The monoisotopic (exact) mass is 386 g/mol. The van der Waals surface area contributed by atoms with Crippen LogP contribution in [-0.4, -0.2) is 67.3 Å². The third-order valence-electron chi connectivity index (χ3n) is 5.57. The molecular weight excluding hydrogens is 364 g/mol. The van der Waals surface area contributed by atoms with Gasteiger partial charge in [-0.2, -0.15) is 4.31 Å². The predicted molar refractivity (Wildman–Crippen MR) is 102 cm³/mol. The van der Waals surface area contributed by atoms with Gasteiger partial charge in [-0.1, -0.05) is 18.2 Å². The SMILES string of the molecule is CN1CC(=O)N(c2cccnc2)C[C@]12CCN(S(=O)(=O)c1ccccc1)C2. The molecule has 7 nitrogen and oxygen atoms in total. The normalized spacial score (nSPS) is 24.6. The summed E-state index contributed by atoms with van der Waals surface area (Å²) in [4.78, 5) is 20.7. The summed E-state index contributed by atoms with van der Waals surface area (Å²) in [6.07, 6.45) is 4.02. The van der Waals surface area contributed by atoms with Crippen molar-refractivity contribution < 1.29 is 13.2 Å². The molecule has 2 aliphatic rings. The van der Waals surface area contributed by atoms with Crippen LogP contribution in [-0.2, 0) is 14.8 Å². The fourth-order valence-electron chi connectivity index (χ4n) is 3.91. The molecule has 3 heterocycles. The van der Waals surface area contributed by atoms with Crippen molar-refractivity contribution in [3.63, 3.8) is 0 Å². The highest BCUT2D eigenvalue weighted by molar-refractivity contribution is 7.89. The fourth-order valence-corrected chi connectivity index (χ4v) is 5.46. The minimum atomic E-state index is -3.54. The lowest BCUT2D eigenvalue weighted by molar-refractivity contribution is -0.123. The lowest BCUT2D eigenvalue weighted by atomic mass is 9.93. The number of sulfonamides is 1. The molecule has 1 spiro atoms. The van der Waals surface area contributed by atoms with E-state index in [2.05, 4.69) is 4.98 Å². The number of carbonyl (C=O) groups is 1. The van der Waals surface area contributed by atoms with Crippen molar-refractivity contribution in [2.24, 2.45) is 0 Å². The first kappa shape index (κ1) is 18.1. The summed E-state index contributed by atoms with van der Waals surface area (Å²) in [6.45, 7) is 1.52. The standard InChI is InChI=1S/C19H22N4O3S/c1-21-13-18(24)23(16-6-5-10-20-12-16)15-19(21)9-11-22(14-19)27(25,26)17-7-3-2-4-8-17/h2-8,10,12H,9,11,13-15H2,1H3/t19-/m1/s1. The van der Waals surface area contributed by atoms with Gasteiger partial charge in [-0.25, -0.2) is 8.42 Å². The number of piperazine rings is 1. The molecular formula is C19H22N4O3S. The topological polar surface area (TPSA) is 73.8 Å². The molecule has 2 aliphatic heterocycles.